The van der Waals surface area contributed by atoms with Crippen LogP contribution in [0.15, 0.2) is 35.4 Å². The van der Waals surface area contributed by atoms with Gasteiger partial charge in [0.25, 0.3) is 0 Å². The van der Waals surface area contributed by atoms with Crippen molar-refractivity contribution in [3.63, 3.8) is 0 Å². The lowest BCUT2D eigenvalue weighted by Crippen LogP contribution is -2.29. The molecule has 1 aromatic heterocycles. The summed E-state index contributed by atoms with van der Waals surface area (Å²) in [5.41, 5.74) is 0.849. The molecular weight excluding hydrogens is 280 g/mol. The first-order valence-electron chi connectivity index (χ1n) is 5.91. The Kier molecular flexibility index (Phi) is 4.32. The summed E-state index contributed by atoms with van der Waals surface area (Å²) in [6.45, 7) is 1.91. The van der Waals surface area contributed by atoms with E-state index in [2.05, 4.69) is 4.98 Å². The second-order valence-electron chi connectivity index (χ2n) is 4.46. The summed E-state index contributed by atoms with van der Waals surface area (Å²) in [5, 5.41) is 1.56. The molecule has 0 aliphatic rings. The summed E-state index contributed by atoms with van der Waals surface area (Å²) in [4.78, 5) is 18.9. The van der Waals surface area contributed by atoms with Gasteiger partial charge in [-0.15, -0.1) is 11.8 Å². The number of carbonyl (C=O) groups is 1. The fraction of sp³-hybridized carbons (Fsp3) is 0.286. The molecule has 1 unspecified atom stereocenters. The van der Waals surface area contributed by atoms with Gasteiger partial charge in [0, 0.05) is 35.6 Å². The van der Waals surface area contributed by atoms with Crippen LogP contribution in [0.25, 0.3) is 10.9 Å². The van der Waals surface area contributed by atoms with Crippen molar-refractivity contribution in [2.24, 2.45) is 0 Å². The predicted octanol–water partition coefficient (Wildman–Crippen LogP) is 3.46. The Balaban J connectivity index is 2.33. The molecule has 1 heterocycles. The molecule has 1 atom stereocenters. The summed E-state index contributed by atoms with van der Waals surface area (Å²) < 4.78 is 0. The van der Waals surface area contributed by atoms with E-state index in [1.807, 2.05) is 31.2 Å². The molecule has 0 N–H and O–H groups in total. The Bertz CT molecular complexity index is 615. The van der Waals surface area contributed by atoms with Gasteiger partial charge in [0.15, 0.2) is 0 Å². The van der Waals surface area contributed by atoms with Gasteiger partial charge >= 0.3 is 0 Å². The Morgan fingerprint density at radius 2 is 2.11 bits per heavy atom. The molecular formula is C14H15ClN2OS. The number of rotatable bonds is 3. The lowest BCUT2D eigenvalue weighted by Gasteiger charge is -2.17. The van der Waals surface area contributed by atoms with Gasteiger partial charge < -0.3 is 4.90 Å². The van der Waals surface area contributed by atoms with Crippen LogP contribution in [0.1, 0.15) is 6.92 Å². The van der Waals surface area contributed by atoms with E-state index in [0.29, 0.717) is 5.02 Å². The molecule has 2 rings (SSSR count). The summed E-state index contributed by atoms with van der Waals surface area (Å²) in [6, 6.07) is 7.55. The second-order valence-corrected chi connectivity index (χ2v) is 6.28. The standard InChI is InChI=1S/C14H15ClN2OS/c1-9(14(18)17(2)3)19-13-6-7-16-12-8-10(15)4-5-11(12)13/h4-9H,1-3H3. The largest absolute Gasteiger partial charge is 0.348 e. The number of benzene rings is 1. The molecule has 5 heteroatoms. The van der Waals surface area contributed by atoms with Crippen LogP contribution in [0.5, 0.6) is 0 Å². The van der Waals surface area contributed by atoms with E-state index in [1.165, 1.54) is 0 Å². The number of thioether (sulfide) groups is 1. The van der Waals surface area contributed by atoms with E-state index in [4.69, 9.17) is 11.6 Å². The molecule has 2 aromatic rings. The minimum Gasteiger partial charge on any atom is -0.348 e. The van der Waals surface area contributed by atoms with Crippen molar-refractivity contribution in [3.8, 4) is 0 Å². The highest BCUT2D eigenvalue weighted by molar-refractivity contribution is 8.00. The lowest BCUT2D eigenvalue weighted by atomic mass is 10.2. The van der Waals surface area contributed by atoms with Gasteiger partial charge in [0.1, 0.15) is 0 Å². The number of fused-ring (bicyclic) bond motifs is 1. The van der Waals surface area contributed by atoms with Crippen LogP contribution >= 0.6 is 23.4 Å². The number of amides is 1. The minimum atomic E-state index is -0.128. The van der Waals surface area contributed by atoms with Gasteiger partial charge in [-0.05, 0) is 25.1 Å². The van der Waals surface area contributed by atoms with Crippen molar-refractivity contribution in [3.05, 3.63) is 35.5 Å². The van der Waals surface area contributed by atoms with Crippen molar-refractivity contribution >= 4 is 40.2 Å². The zero-order valence-corrected chi connectivity index (χ0v) is 12.6. The van der Waals surface area contributed by atoms with Crippen LogP contribution in [-0.4, -0.2) is 35.1 Å². The molecule has 0 fully saturated rings. The predicted molar refractivity (Wildman–Crippen MR) is 80.8 cm³/mol. The first-order chi connectivity index (χ1) is 8.99. The Morgan fingerprint density at radius 1 is 1.37 bits per heavy atom. The molecule has 0 saturated carbocycles. The van der Waals surface area contributed by atoms with Gasteiger partial charge in [0.05, 0.1) is 10.8 Å². The third-order valence-corrected chi connectivity index (χ3v) is 4.16. The monoisotopic (exact) mass is 294 g/mol. The van der Waals surface area contributed by atoms with Gasteiger partial charge in [-0.25, -0.2) is 0 Å². The highest BCUT2D eigenvalue weighted by Crippen LogP contribution is 2.31. The topological polar surface area (TPSA) is 33.2 Å². The summed E-state index contributed by atoms with van der Waals surface area (Å²) in [7, 11) is 3.54. The number of nitrogens with zero attached hydrogens (tertiary/aromatic N) is 2. The van der Waals surface area contributed by atoms with Crippen molar-refractivity contribution in [1.82, 2.24) is 9.88 Å². The zero-order valence-electron chi connectivity index (χ0n) is 11.1. The van der Waals surface area contributed by atoms with E-state index in [9.17, 15) is 4.79 Å². The molecule has 100 valence electrons. The highest BCUT2D eigenvalue weighted by Gasteiger charge is 2.17. The number of aromatic nitrogens is 1. The van der Waals surface area contributed by atoms with Crippen LogP contribution in [0.2, 0.25) is 5.02 Å². The zero-order chi connectivity index (χ0) is 14.0. The van der Waals surface area contributed by atoms with Crippen molar-refractivity contribution < 1.29 is 4.79 Å². The number of carbonyl (C=O) groups excluding carboxylic acids is 1. The third kappa shape index (κ3) is 3.19. The van der Waals surface area contributed by atoms with Gasteiger partial charge in [0.2, 0.25) is 5.91 Å². The van der Waals surface area contributed by atoms with Gasteiger partial charge in [-0.2, -0.15) is 0 Å². The normalized spacial score (nSPS) is 12.4. The first-order valence-corrected chi connectivity index (χ1v) is 7.17. The lowest BCUT2D eigenvalue weighted by molar-refractivity contribution is -0.127. The molecule has 1 amide bonds. The molecule has 0 aliphatic carbocycles. The smallest absolute Gasteiger partial charge is 0.235 e. The molecule has 0 aliphatic heterocycles. The SMILES string of the molecule is CC(Sc1ccnc2cc(Cl)ccc12)C(=O)N(C)C. The Labute approximate surface area is 122 Å². The maximum atomic E-state index is 11.9. The fourth-order valence-electron chi connectivity index (χ4n) is 1.80. The van der Waals surface area contributed by atoms with Crippen LogP contribution in [0.3, 0.4) is 0 Å². The van der Waals surface area contributed by atoms with Gasteiger partial charge in [-0.3, -0.25) is 9.78 Å². The molecule has 0 saturated heterocycles. The maximum absolute atomic E-state index is 11.9. The van der Waals surface area contributed by atoms with E-state index in [0.717, 1.165) is 15.8 Å². The fourth-order valence-corrected chi connectivity index (χ4v) is 3.10. The van der Waals surface area contributed by atoms with Gasteiger partial charge in [-0.1, -0.05) is 17.7 Å². The van der Waals surface area contributed by atoms with Crippen molar-refractivity contribution in [2.45, 2.75) is 17.1 Å². The van der Waals surface area contributed by atoms with E-state index in [1.54, 1.807) is 37.0 Å². The minimum absolute atomic E-state index is 0.101. The average molecular weight is 295 g/mol. The Hall–Kier alpha value is -1.26. The van der Waals surface area contributed by atoms with E-state index >= 15 is 0 Å². The van der Waals surface area contributed by atoms with Crippen LogP contribution in [0.4, 0.5) is 0 Å². The molecule has 0 spiro atoms. The third-order valence-electron chi connectivity index (χ3n) is 2.76. The van der Waals surface area contributed by atoms with Crippen molar-refractivity contribution in [1.29, 1.82) is 0 Å². The van der Waals surface area contributed by atoms with E-state index < -0.39 is 0 Å². The molecule has 3 nitrogen and oxygen atoms in total. The Morgan fingerprint density at radius 3 is 2.79 bits per heavy atom. The summed E-state index contributed by atoms with van der Waals surface area (Å²) in [6.07, 6.45) is 1.74. The molecule has 19 heavy (non-hydrogen) atoms. The van der Waals surface area contributed by atoms with Crippen LogP contribution in [0, 0.1) is 0 Å². The number of hydrogen-bond acceptors (Lipinski definition) is 3. The average Bonchev–Trinajstić information content (AvgIpc) is 2.37. The first kappa shape index (κ1) is 14.2. The summed E-state index contributed by atoms with van der Waals surface area (Å²) >= 11 is 7.50. The number of pyridine rings is 1. The van der Waals surface area contributed by atoms with Crippen molar-refractivity contribution in [2.75, 3.05) is 14.1 Å². The van der Waals surface area contributed by atoms with Crippen LogP contribution < -0.4 is 0 Å². The number of hydrogen-bond donors (Lipinski definition) is 0. The van der Waals surface area contributed by atoms with E-state index in [-0.39, 0.29) is 11.2 Å². The quantitative estimate of drug-likeness (QED) is 0.813. The van der Waals surface area contributed by atoms with Crippen LogP contribution in [-0.2, 0) is 4.79 Å². The maximum Gasteiger partial charge on any atom is 0.235 e. The second kappa shape index (κ2) is 5.80. The summed E-state index contributed by atoms with van der Waals surface area (Å²) in [5.74, 6) is 0.101. The molecule has 1 aromatic carbocycles. The number of halogens is 1. The highest BCUT2D eigenvalue weighted by atomic mass is 35.5. The molecule has 0 radical (unpaired) electrons. The molecule has 0 bridgehead atoms.